The van der Waals surface area contributed by atoms with Crippen LogP contribution in [0.5, 0.6) is 5.75 Å². The van der Waals surface area contributed by atoms with Crippen LogP contribution in [0.25, 0.3) is 0 Å². The summed E-state index contributed by atoms with van der Waals surface area (Å²) in [6.45, 7) is 1.81. The average Bonchev–Trinajstić information content (AvgIpc) is 2.41. The van der Waals surface area contributed by atoms with E-state index in [1.165, 1.54) is 0 Å². The molecular weight excluding hydrogens is 248 g/mol. The summed E-state index contributed by atoms with van der Waals surface area (Å²) in [5.74, 6) is -1.46. The molecule has 19 heavy (non-hydrogen) atoms. The topological polar surface area (TPSA) is 89.4 Å². The Morgan fingerprint density at radius 3 is 2.32 bits per heavy atom. The molecular formula is C13H10N2O4. The minimum Gasteiger partial charge on any atom is -0.476 e. The fourth-order valence-corrected chi connectivity index (χ4v) is 1.37. The second-order valence-electron chi connectivity index (χ2n) is 3.75. The van der Waals surface area contributed by atoms with Gasteiger partial charge in [0.25, 0.3) is 0 Å². The molecule has 96 valence electrons. The van der Waals surface area contributed by atoms with E-state index in [0.717, 1.165) is 18.0 Å². The maximum Gasteiger partial charge on any atom is 0.363 e. The van der Waals surface area contributed by atoms with E-state index >= 15 is 0 Å². The summed E-state index contributed by atoms with van der Waals surface area (Å²) in [5.41, 5.74) is 0.534. The van der Waals surface area contributed by atoms with Gasteiger partial charge < -0.3 is 9.84 Å². The van der Waals surface area contributed by atoms with Crippen LogP contribution in [0.2, 0.25) is 0 Å². The SMILES string of the molecule is Cc1ccccc1OC(=O)c1cnc(C(=O)O)cn1. The first kappa shape index (κ1) is 12.7. The summed E-state index contributed by atoms with van der Waals surface area (Å²) >= 11 is 0. The number of carboxylic acid groups (broad SMARTS) is 1. The van der Waals surface area contributed by atoms with Crippen molar-refractivity contribution in [3.63, 3.8) is 0 Å². The van der Waals surface area contributed by atoms with Crippen molar-refractivity contribution < 1.29 is 19.4 Å². The van der Waals surface area contributed by atoms with Gasteiger partial charge in [0, 0.05) is 0 Å². The van der Waals surface area contributed by atoms with Gasteiger partial charge in [0.1, 0.15) is 5.75 Å². The lowest BCUT2D eigenvalue weighted by atomic mass is 10.2. The molecule has 0 spiro atoms. The molecule has 0 amide bonds. The zero-order valence-electron chi connectivity index (χ0n) is 10.0. The predicted octanol–water partition coefficient (Wildman–Crippen LogP) is 1.70. The highest BCUT2D eigenvalue weighted by Crippen LogP contribution is 2.17. The molecule has 0 aliphatic heterocycles. The van der Waals surface area contributed by atoms with Crippen LogP contribution >= 0.6 is 0 Å². The Morgan fingerprint density at radius 1 is 1.11 bits per heavy atom. The average molecular weight is 258 g/mol. The largest absolute Gasteiger partial charge is 0.476 e. The number of benzene rings is 1. The Morgan fingerprint density at radius 2 is 1.74 bits per heavy atom. The Kier molecular flexibility index (Phi) is 3.51. The van der Waals surface area contributed by atoms with Crippen LogP contribution < -0.4 is 4.74 Å². The molecule has 0 fully saturated rings. The predicted molar refractivity (Wildman–Crippen MR) is 65.1 cm³/mol. The molecule has 6 nitrogen and oxygen atoms in total. The van der Waals surface area contributed by atoms with Crippen molar-refractivity contribution in [1.29, 1.82) is 0 Å². The zero-order chi connectivity index (χ0) is 13.8. The van der Waals surface area contributed by atoms with E-state index in [4.69, 9.17) is 9.84 Å². The lowest BCUT2D eigenvalue weighted by molar-refractivity contribution is 0.0682. The molecule has 1 aromatic carbocycles. The van der Waals surface area contributed by atoms with Crippen molar-refractivity contribution in [3.8, 4) is 5.75 Å². The van der Waals surface area contributed by atoms with Gasteiger partial charge in [-0.3, -0.25) is 0 Å². The first-order valence-corrected chi connectivity index (χ1v) is 5.41. The number of carbonyl (C=O) groups excluding carboxylic acids is 1. The number of hydrogen-bond acceptors (Lipinski definition) is 5. The third kappa shape index (κ3) is 2.92. The van der Waals surface area contributed by atoms with E-state index in [9.17, 15) is 9.59 Å². The summed E-state index contributed by atoms with van der Waals surface area (Å²) < 4.78 is 5.14. The van der Waals surface area contributed by atoms with Crippen molar-refractivity contribution in [2.45, 2.75) is 6.92 Å². The summed E-state index contributed by atoms with van der Waals surface area (Å²) in [7, 11) is 0. The van der Waals surface area contributed by atoms with Crippen LogP contribution in [-0.2, 0) is 0 Å². The van der Waals surface area contributed by atoms with Gasteiger partial charge in [0.2, 0.25) is 0 Å². The molecule has 0 aliphatic carbocycles. The molecule has 0 aliphatic rings. The van der Waals surface area contributed by atoms with Gasteiger partial charge in [0.05, 0.1) is 12.4 Å². The number of esters is 1. The molecule has 2 aromatic rings. The number of rotatable bonds is 3. The fraction of sp³-hybridized carbons (Fsp3) is 0.0769. The van der Waals surface area contributed by atoms with Crippen LogP contribution in [-0.4, -0.2) is 27.0 Å². The fourth-order valence-electron chi connectivity index (χ4n) is 1.37. The van der Waals surface area contributed by atoms with Gasteiger partial charge in [-0.2, -0.15) is 0 Å². The van der Waals surface area contributed by atoms with Crippen molar-refractivity contribution in [1.82, 2.24) is 9.97 Å². The summed E-state index contributed by atoms with van der Waals surface area (Å²) in [4.78, 5) is 29.7. The van der Waals surface area contributed by atoms with Gasteiger partial charge in [-0.1, -0.05) is 18.2 Å². The number of aromatic carboxylic acids is 1. The molecule has 6 heteroatoms. The minimum atomic E-state index is -1.20. The van der Waals surface area contributed by atoms with Crippen LogP contribution in [0, 0.1) is 6.92 Å². The molecule has 0 unspecified atom stereocenters. The highest BCUT2D eigenvalue weighted by Gasteiger charge is 2.13. The summed E-state index contributed by atoms with van der Waals surface area (Å²) in [5, 5.41) is 8.67. The van der Waals surface area contributed by atoms with Gasteiger partial charge >= 0.3 is 11.9 Å². The first-order chi connectivity index (χ1) is 9.08. The van der Waals surface area contributed by atoms with Crippen LogP contribution in [0.4, 0.5) is 0 Å². The lowest BCUT2D eigenvalue weighted by Gasteiger charge is -2.06. The van der Waals surface area contributed by atoms with Crippen LogP contribution in [0.15, 0.2) is 36.7 Å². The highest BCUT2D eigenvalue weighted by molar-refractivity contribution is 5.90. The Hall–Kier alpha value is -2.76. The quantitative estimate of drug-likeness (QED) is 0.665. The maximum absolute atomic E-state index is 11.8. The molecule has 0 saturated carbocycles. The minimum absolute atomic E-state index is 0.0479. The lowest BCUT2D eigenvalue weighted by Crippen LogP contribution is -2.13. The van der Waals surface area contributed by atoms with Gasteiger partial charge in [-0.15, -0.1) is 0 Å². The molecule has 0 bridgehead atoms. The van der Waals surface area contributed by atoms with Crippen molar-refractivity contribution >= 4 is 11.9 Å². The molecule has 0 saturated heterocycles. The van der Waals surface area contributed by atoms with E-state index in [-0.39, 0.29) is 11.4 Å². The Balaban J connectivity index is 2.16. The molecule has 0 radical (unpaired) electrons. The summed E-state index contributed by atoms with van der Waals surface area (Å²) in [6.07, 6.45) is 2.08. The van der Waals surface area contributed by atoms with E-state index in [2.05, 4.69) is 9.97 Å². The zero-order valence-corrected chi connectivity index (χ0v) is 10.0. The van der Waals surface area contributed by atoms with Gasteiger partial charge in [-0.05, 0) is 18.6 Å². The molecule has 1 aromatic heterocycles. The van der Waals surface area contributed by atoms with E-state index in [1.807, 2.05) is 19.1 Å². The number of carbonyl (C=O) groups is 2. The van der Waals surface area contributed by atoms with Crippen molar-refractivity contribution in [3.05, 3.63) is 53.6 Å². The first-order valence-electron chi connectivity index (χ1n) is 5.41. The molecule has 1 N–H and O–H groups in total. The second kappa shape index (κ2) is 5.26. The van der Waals surface area contributed by atoms with Crippen LogP contribution in [0.1, 0.15) is 26.5 Å². The number of nitrogens with zero attached hydrogens (tertiary/aromatic N) is 2. The number of aryl methyl sites for hydroxylation is 1. The van der Waals surface area contributed by atoms with E-state index in [1.54, 1.807) is 12.1 Å². The third-order valence-corrected chi connectivity index (χ3v) is 2.38. The smallest absolute Gasteiger partial charge is 0.363 e. The van der Waals surface area contributed by atoms with Crippen molar-refractivity contribution in [2.75, 3.05) is 0 Å². The normalized spacial score (nSPS) is 9.95. The number of carboxylic acids is 1. The maximum atomic E-state index is 11.8. The van der Waals surface area contributed by atoms with E-state index in [0.29, 0.717) is 5.75 Å². The second-order valence-corrected chi connectivity index (χ2v) is 3.75. The number of aromatic nitrogens is 2. The summed E-state index contributed by atoms with van der Waals surface area (Å²) in [6, 6.07) is 7.04. The molecule has 2 rings (SSSR count). The monoisotopic (exact) mass is 258 g/mol. The van der Waals surface area contributed by atoms with Gasteiger partial charge in [-0.25, -0.2) is 19.6 Å². The van der Waals surface area contributed by atoms with Gasteiger partial charge in [0.15, 0.2) is 11.4 Å². The number of para-hydroxylation sites is 1. The standard InChI is InChI=1S/C13H10N2O4/c1-8-4-2-3-5-11(8)19-13(18)10-7-14-9(6-15-10)12(16)17/h2-7H,1H3,(H,16,17). The Bertz CT molecular complexity index is 623. The van der Waals surface area contributed by atoms with E-state index < -0.39 is 11.9 Å². The third-order valence-electron chi connectivity index (χ3n) is 2.38. The number of hydrogen-bond donors (Lipinski definition) is 1. The number of ether oxygens (including phenoxy) is 1. The Labute approximate surface area is 108 Å². The highest BCUT2D eigenvalue weighted by atomic mass is 16.5. The molecule has 0 atom stereocenters. The molecule has 1 heterocycles. The van der Waals surface area contributed by atoms with Crippen LogP contribution in [0.3, 0.4) is 0 Å². The van der Waals surface area contributed by atoms with Crippen molar-refractivity contribution in [2.24, 2.45) is 0 Å².